The molecule has 0 spiro atoms. The summed E-state index contributed by atoms with van der Waals surface area (Å²) in [4.78, 5) is 0. The van der Waals surface area contributed by atoms with E-state index in [2.05, 4.69) is 22.6 Å². The fourth-order valence-electron chi connectivity index (χ4n) is 1.38. The molecule has 1 heterocycles. The number of ether oxygens (including phenoxy) is 1. The molecule has 1 aliphatic heterocycles. The van der Waals surface area contributed by atoms with Crippen molar-refractivity contribution in [2.45, 2.75) is 12.5 Å². The van der Waals surface area contributed by atoms with Gasteiger partial charge >= 0.3 is 0 Å². The third kappa shape index (κ3) is 1.55. The van der Waals surface area contributed by atoms with Crippen LogP contribution in [0.4, 0.5) is 0 Å². The van der Waals surface area contributed by atoms with E-state index in [0.29, 0.717) is 6.10 Å². The Bertz CT molecular complexity index is 301. The van der Waals surface area contributed by atoms with Gasteiger partial charge in [0.2, 0.25) is 0 Å². The fraction of sp³-hybridized carbons (Fsp3) is 0.333. The van der Waals surface area contributed by atoms with Crippen LogP contribution in [0.5, 0.6) is 5.75 Å². The van der Waals surface area contributed by atoms with Crippen LogP contribution in [0.25, 0.3) is 0 Å². The molecule has 0 aliphatic carbocycles. The first-order valence-electron chi connectivity index (χ1n) is 3.80. The summed E-state index contributed by atoms with van der Waals surface area (Å²) in [6.45, 7) is 0. The zero-order valence-electron chi connectivity index (χ0n) is 6.39. The van der Waals surface area contributed by atoms with E-state index in [4.69, 9.17) is 16.3 Å². The lowest BCUT2D eigenvalue weighted by molar-refractivity contribution is 0.262. The van der Waals surface area contributed by atoms with Crippen LogP contribution in [0.3, 0.4) is 0 Å². The van der Waals surface area contributed by atoms with Crippen LogP contribution in [0.1, 0.15) is 5.56 Å². The summed E-state index contributed by atoms with van der Waals surface area (Å²) in [5, 5.41) is 0.798. The van der Waals surface area contributed by atoms with Gasteiger partial charge in [0.25, 0.3) is 0 Å². The first-order chi connectivity index (χ1) is 5.79. The highest BCUT2D eigenvalue weighted by atomic mass is 127. The Hall–Kier alpha value is 0.0400. The maximum absolute atomic E-state index is 5.86. The maximum atomic E-state index is 5.86. The summed E-state index contributed by atoms with van der Waals surface area (Å²) in [5.74, 6) is 1.00. The van der Waals surface area contributed by atoms with Crippen molar-refractivity contribution in [3.05, 3.63) is 28.8 Å². The maximum Gasteiger partial charge on any atom is 0.123 e. The molecule has 1 unspecified atom stereocenters. The molecule has 1 aromatic carbocycles. The highest BCUT2D eigenvalue weighted by Crippen LogP contribution is 2.31. The second-order valence-corrected chi connectivity index (χ2v) is 4.17. The standard InChI is InChI=1S/C9H8ClIO/c10-7-1-2-9-6(3-7)4-8(5-11)12-9/h1-3,8H,4-5H2. The highest BCUT2D eigenvalue weighted by Gasteiger charge is 2.21. The predicted octanol–water partition coefficient (Wildman–Crippen LogP) is 3.08. The van der Waals surface area contributed by atoms with E-state index in [1.807, 2.05) is 18.2 Å². The summed E-state index contributed by atoms with van der Waals surface area (Å²) in [5.41, 5.74) is 1.24. The minimum absolute atomic E-state index is 0.346. The number of halogens is 2. The molecule has 0 bridgehead atoms. The molecule has 2 rings (SSSR count). The zero-order chi connectivity index (χ0) is 8.55. The SMILES string of the molecule is Clc1ccc2c(c1)CC(CI)O2. The smallest absolute Gasteiger partial charge is 0.123 e. The van der Waals surface area contributed by atoms with Gasteiger partial charge in [-0.05, 0) is 23.8 Å². The van der Waals surface area contributed by atoms with Crippen molar-refractivity contribution in [2.75, 3.05) is 4.43 Å². The average Bonchev–Trinajstić information content (AvgIpc) is 2.46. The summed E-state index contributed by atoms with van der Waals surface area (Å²) in [6.07, 6.45) is 1.35. The predicted molar refractivity (Wildman–Crippen MR) is 58.5 cm³/mol. The minimum atomic E-state index is 0.346. The number of hydrogen-bond donors (Lipinski definition) is 0. The van der Waals surface area contributed by atoms with Gasteiger partial charge in [-0.15, -0.1) is 0 Å². The van der Waals surface area contributed by atoms with Gasteiger partial charge in [0.05, 0.1) is 0 Å². The van der Waals surface area contributed by atoms with Gasteiger partial charge < -0.3 is 4.74 Å². The average molecular weight is 295 g/mol. The van der Waals surface area contributed by atoms with Crippen LogP contribution in [0.15, 0.2) is 18.2 Å². The minimum Gasteiger partial charge on any atom is -0.489 e. The molecule has 0 saturated heterocycles. The van der Waals surface area contributed by atoms with E-state index < -0.39 is 0 Å². The Labute approximate surface area is 90.2 Å². The molecule has 0 fully saturated rings. The second-order valence-electron chi connectivity index (χ2n) is 2.85. The van der Waals surface area contributed by atoms with Crippen LogP contribution in [0, 0.1) is 0 Å². The van der Waals surface area contributed by atoms with Gasteiger partial charge in [0.15, 0.2) is 0 Å². The fourth-order valence-corrected chi connectivity index (χ4v) is 2.06. The van der Waals surface area contributed by atoms with Crippen LogP contribution in [-0.2, 0) is 6.42 Å². The molecule has 0 radical (unpaired) electrons. The van der Waals surface area contributed by atoms with E-state index in [9.17, 15) is 0 Å². The van der Waals surface area contributed by atoms with Gasteiger partial charge in [0, 0.05) is 15.9 Å². The van der Waals surface area contributed by atoms with Crippen molar-refractivity contribution < 1.29 is 4.74 Å². The van der Waals surface area contributed by atoms with Gasteiger partial charge in [-0.3, -0.25) is 0 Å². The van der Waals surface area contributed by atoms with Crippen LogP contribution in [-0.4, -0.2) is 10.5 Å². The van der Waals surface area contributed by atoms with E-state index in [-0.39, 0.29) is 0 Å². The number of hydrogen-bond acceptors (Lipinski definition) is 1. The molecule has 0 aromatic heterocycles. The molecule has 12 heavy (non-hydrogen) atoms. The van der Waals surface area contributed by atoms with E-state index in [1.165, 1.54) is 5.56 Å². The molecule has 0 amide bonds. The molecule has 3 heteroatoms. The monoisotopic (exact) mass is 294 g/mol. The molecule has 1 aromatic rings. The third-order valence-corrected chi connectivity index (χ3v) is 3.15. The largest absolute Gasteiger partial charge is 0.489 e. The molecular formula is C9H8ClIO. The van der Waals surface area contributed by atoms with E-state index in [1.54, 1.807) is 0 Å². The van der Waals surface area contributed by atoms with Crippen molar-refractivity contribution in [1.29, 1.82) is 0 Å². The summed E-state index contributed by atoms with van der Waals surface area (Å²) >= 11 is 8.20. The molecule has 64 valence electrons. The normalized spacial score (nSPS) is 20.3. The topological polar surface area (TPSA) is 9.23 Å². The molecule has 1 nitrogen and oxygen atoms in total. The molecule has 0 N–H and O–H groups in total. The van der Waals surface area contributed by atoms with Crippen LogP contribution >= 0.6 is 34.2 Å². The van der Waals surface area contributed by atoms with Crippen molar-refractivity contribution >= 4 is 34.2 Å². The second kappa shape index (κ2) is 3.42. The first-order valence-corrected chi connectivity index (χ1v) is 5.71. The van der Waals surface area contributed by atoms with Gasteiger partial charge in [0.1, 0.15) is 11.9 Å². The summed E-state index contributed by atoms with van der Waals surface area (Å²) in [7, 11) is 0. The highest BCUT2D eigenvalue weighted by molar-refractivity contribution is 14.1. The van der Waals surface area contributed by atoms with Crippen molar-refractivity contribution in [2.24, 2.45) is 0 Å². The van der Waals surface area contributed by atoms with Crippen molar-refractivity contribution in [1.82, 2.24) is 0 Å². The molecular weight excluding hydrogens is 286 g/mol. The quantitative estimate of drug-likeness (QED) is 0.571. The van der Waals surface area contributed by atoms with E-state index >= 15 is 0 Å². The lowest BCUT2D eigenvalue weighted by Crippen LogP contribution is -2.13. The van der Waals surface area contributed by atoms with Gasteiger partial charge in [-0.25, -0.2) is 0 Å². The Morgan fingerprint density at radius 3 is 3.17 bits per heavy atom. The molecule has 1 atom stereocenters. The van der Waals surface area contributed by atoms with Crippen LogP contribution in [0.2, 0.25) is 5.02 Å². The summed E-state index contributed by atoms with van der Waals surface area (Å²) in [6, 6.07) is 5.81. The molecule has 1 aliphatic rings. The Morgan fingerprint density at radius 2 is 2.42 bits per heavy atom. The number of alkyl halides is 1. The number of rotatable bonds is 1. The lowest BCUT2D eigenvalue weighted by atomic mass is 10.1. The van der Waals surface area contributed by atoms with Gasteiger partial charge in [-0.1, -0.05) is 34.2 Å². The molecule has 0 saturated carbocycles. The Kier molecular flexibility index (Phi) is 2.46. The lowest BCUT2D eigenvalue weighted by Gasteiger charge is -2.04. The van der Waals surface area contributed by atoms with Gasteiger partial charge in [-0.2, -0.15) is 0 Å². The van der Waals surface area contributed by atoms with E-state index in [0.717, 1.165) is 21.6 Å². The Morgan fingerprint density at radius 1 is 1.58 bits per heavy atom. The third-order valence-electron chi connectivity index (χ3n) is 1.94. The number of fused-ring (bicyclic) bond motifs is 1. The zero-order valence-corrected chi connectivity index (χ0v) is 9.30. The van der Waals surface area contributed by atoms with Crippen molar-refractivity contribution in [3.8, 4) is 5.75 Å². The first kappa shape index (κ1) is 8.63. The van der Waals surface area contributed by atoms with Crippen molar-refractivity contribution in [3.63, 3.8) is 0 Å². The number of benzene rings is 1. The summed E-state index contributed by atoms with van der Waals surface area (Å²) < 4.78 is 6.68. The Balaban J connectivity index is 2.30. The van der Waals surface area contributed by atoms with Crippen LogP contribution < -0.4 is 4.74 Å².